The Bertz CT molecular complexity index is 946. The van der Waals surface area contributed by atoms with Gasteiger partial charge >= 0.3 is 0 Å². The molecule has 0 spiro atoms. The summed E-state index contributed by atoms with van der Waals surface area (Å²) >= 11 is 5.92. The van der Waals surface area contributed by atoms with Gasteiger partial charge in [0.2, 0.25) is 0 Å². The van der Waals surface area contributed by atoms with Gasteiger partial charge in [-0.3, -0.25) is 0 Å². The molecule has 2 aromatic carbocycles. The Hall–Kier alpha value is -2.85. The fraction of sp³-hybridized carbons (Fsp3) is 0. The number of fused-ring (bicyclic) bond motifs is 1. The van der Waals surface area contributed by atoms with Crippen molar-refractivity contribution in [1.29, 1.82) is 0 Å². The van der Waals surface area contributed by atoms with Crippen molar-refractivity contribution in [3.05, 3.63) is 71.9 Å². The lowest BCUT2D eigenvalue weighted by Gasteiger charge is -2.05. The zero-order valence-corrected chi connectivity index (χ0v) is 12.9. The van der Waals surface area contributed by atoms with Crippen LogP contribution in [0.3, 0.4) is 0 Å². The Kier molecular flexibility index (Phi) is 3.44. The fourth-order valence-corrected chi connectivity index (χ4v) is 2.56. The SMILES string of the molecule is Clc1ccc(Nc2nccc3[nH]c(-c4ccccc4)nc23)cc1. The van der Waals surface area contributed by atoms with Gasteiger partial charge < -0.3 is 10.3 Å². The van der Waals surface area contributed by atoms with Gasteiger partial charge in [-0.1, -0.05) is 41.9 Å². The van der Waals surface area contributed by atoms with Crippen LogP contribution >= 0.6 is 11.6 Å². The van der Waals surface area contributed by atoms with Crippen LogP contribution in [0.15, 0.2) is 66.9 Å². The number of H-pyrrole nitrogens is 1. The molecule has 0 amide bonds. The topological polar surface area (TPSA) is 53.6 Å². The molecule has 0 aliphatic carbocycles. The van der Waals surface area contributed by atoms with E-state index in [9.17, 15) is 0 Å². The number of nitrogens with zero attached hydrogens (tertiary/aromatic N) is 2. The zero-order chi connectivity index (χ0) is 15.6. The lowest BCUT2D eigenvalue weighted by Crippen LogP contribution is -1.94. The minimum atomic E-state index is 0.702. The molecule has 4 aromatic rings. The Balaban J connectivity index is 1.75. The van der Waals surface area contributed by atoms with E-state index in [0.717, 1.165) is 28.1 Å². The smallest absolute Gasteiger partial charge is 0.158 e. The molecule has 0 unspecified atom stereocenters. The number of anilines is 2. The molecule has 0 bridgehead atoms. The van der Waals surface area contributed by atoms with Crippen molar-refractivity contribution in [2.24, 2.45) is 0 Å². The quantitative estimate of drug-likeness (QED) is 0.557. The predicted octanol–water partition coefficient (Wildman–Crippen LogP) is 5.02. The van der Waals surface area contributed by atoms with Crippen molar-refractivity contribution in [3.8, 4) is 11.4 Å². The maximum Gasteiger partial charge on any atom is 0.158 e. The summed E-state index contributed by atoms with van der Waals surface area (Å²) in [7, 11) is 0. The average Bonchev–Trinajstić information content (AvgIpc) is 3.03. The lowest BCUT2D eigenvalue weighted by atomic mass is 10.2. The Morgan fingerprint density at radius 1 is 0.913 bits per heavy atom. The van der Waals surface area contributed by atoms with Gasteiger partial charge in [0.05, 0.1) is 5.52 Å². The van der Waals surface area contributed by atoms with Gasteiger partial charge in [-0.2, -0.15) is 0 Å². The van der Waals surface area contributed by atoms with E-state index < -0.39 is 0 Å². The Morgan fingerprint density at radius 2 is 1.70 bits per heavy atom. The highest BCUT2D eigenvalue weighted by Crippen LogP contribution is 2.26. The molecule has 4 nitrogen and oxygen atoms in total. The van der Waals surface area contributed by atoms with Gasteiger partial charge in [0.1, 0.15) is 11.3 Å². The van der Waals surface area contributed by atoms with E-state index in [-0.39, 0.29) is 0 Å². The number of imidazole rings is 1. The summed E-state index contributed by atoms with van der Waals surface area (Å²) in [5.41, 5.74) is 3.71. The van der Waals surface area contributed by atoms with Crippen LogP contribution in [0.25, 0.3) is 22.4 Å². The van der Waals surface area contributed by atoms with E-state index in [2.05, 4.69) is 15.3 Å². The van der Waals surface area contributed by atoms with Crippen LogP contribution in [0.1, 0.15) is 0 Å². The molecular weight excluding hydrogens is 308 g/mol. The van der Waals surface area contributed by atoms with Crippen LogP contribution in [0.4, 0.5) is 11.5 Å². The number of rotatable bonds is 3. The van der Waals surface area contributed by atoms with Crippen LogP contribution in [-0.4, -0.2) is 15.0 Å². The molecule has 112 valence electrons. The number of hydrogen-bond donors (Lipinski definition) is 2. The van der Waals surface area contributed by atoms with Crippen molar-refractivity contribution in [2.45, 2.75) is 0 Å². The summed E-state index contributed by atoms with van der Waals surface area (Å²) in [6.07, 6.45) is 1.76. The predicted molar refractivity (Wildman–Crippen MR) is 94.1 cm³/mol. The van der Waals surface area contributed by atoms with Crippen molar-refractivity contribution in [2.75, 3.05) is 5.32 Å². The van der Waals surface area contributed by atoms with Gasteiger partial charge in [0.25, 0.3) is 0 Å². The van der Waals surface area contributed by atoms with E-state index in [1.165, 1.54) is 0 Å². The summed E-state index contributed by atoms with van der Waals surface area (Å²) in [6, 6.07) is 19.4. The molecular formula is C18H13ClN4. The molecule has 0 fully saturated rings. The molecule has 0 aliphatic heterocycles. The first-order valence-electron chi connectivity index (χ1n) is 7.22. The molecule has 0 saturated heterocycles. The fourth-order valence-electron chi connectivity index (χ4n) is 2.43. The Morgan fingerprint density at radius 3 is 2.48 bits per heavy atom. The number of aromatic amines is 1. The molecule has 0 radical (unpaired) electrons. The number of benzene rings is 2. The van der Waals surface area contributed by atoms with Gasteiger partial charge in [0.15, 0.2) is 5.82 Å². The first kappa shape index (κ1) is 13.8. The molecule has 0 saturated carbocycles. The molecule has 4 rings (SSSR count). The molecule has 0 aliphatic rings. The van der Waals surface area contributed by atoms with Crippen LogP contribution in [0.2, 0.25) is 5.02 Å². The Labute approximate surface area is 138 Å². The molecule has 2 N–H and O–H groups in total. The molecule has 0 atom stereocenters. The summed E-state index contributed by atoms with van der Waals surface area (Å²) in [4.78, 5) is 12.4. The maximum atomic E-state index is 5.92. The summed E-state index contributed by atoms with van der Waals surface area (Å²) in [5, 5.41) is 3.99. The highest BCUT2D eigenvalue weighted by Gasteiger charge is 2.10. The van der Waals surface area contributed by atoms with Gasteiger partial charge in [-0.25, -0.2) is 9.97 Å². The lowest BCUT2D eigenvalue weighted by molar-refractivity contribution is 1.31. The van der Waals surface area contributed by atoms with Gasteiger partial charge in [0, 0.05) is 22.5 Å². The van der Waals surface area contributed by atoms with Gasteiger partial charge in [-0.15, -0.1) is 0 Å². The van der Waals surface area contributed by atoms with Crippen molar-refractivity contribution in [1.82, 2.24) is 15.0 Å². The van der Waals surface area contributed by atoms with Crippen molar-refractivity contribution < 1.29 is 0 Å². The summed E-state index contributed by atoms with van der Waals surface area (Å²) in [6.45, 7) is 0. The second-order valence-corrected chi connectivity index (χ2v) is 5.58. The van der Waals surface area contributed by atoms with Crippen LogP contribution in [0, 0.1) is 0 Å². The monoisotopic (exact) mass is 320 g/mol. The minimum absolute atomic E-state index is 0.702. The zero-order valence-electron chi connectivity index (χ0n) is 12.1. The van der Waals surface area contributed by atoms with E-state index in [4.69, 9.17) is 16.6 Å². The first-order valence-corrected chi connectivity index (χ1v) is 7.60. The summed E-state index contributed by atoms with van der Waals surface area (Å²) < 4.78 is 0. The number of hydrogen-bond acceptors (Lipinski definition) is 3. The minimum Gasteiger partial charge on any atom is -0.338 e. The number of aromatic nitrogens is 3. The molecule has 5 heteroatoms. The second-order valence-electron chi connectivity index (χ2n) is 5.14. The second kappa shape index (κ2) is 5.74. The first-order chi connectivity index (χ1) is 11.3. The highest BCUT2D eigenvalue weighted by atomic mass is 35.5. The highest BCUT2D eigenvalue weighted by molar-refractivity contribution is 6.30. The number of nitrogens with one attached hydrogen (secondary N) is 2. The molecule has 2 heterocycles. The largest absolute Gasteiger partial charge is 0.338 e. The average molecular weight is 321 g/mol. The standard InChI is InChI=1S/C18H13ClN4/c19-13-6-8-14(9-7-13)21-18-16-15(10-11-20-18)22-17(23-16)12-4-2-1-3-5-12/h1-11H,(H,20,21)(H,22,23). The van der Waals surface area contributed by atoms with E-state index in [1.807, 2.05) is 60.7 Å². The van der Waals surface area contributed by atoms with E-state index in [1.54, 1.807) is 6.20 Å². The van der Waals surface area contributed by atoms with Crippen LogP contribution in [0.5, 0.6) is 0 Å². The van der Waals surface area contributed by atoms with Gasteiger partial charge in [-0.05, 0) is 30.3 Å². The molecule has 2 aromatic heterocycles. The number of pyridine rings is 1. The number of halogens is 1. The van der Waals surface area contributed by atoms with Crippen LogP contribution < -0.4 is 5.32 Å². The molecule has 23 heavy (non-hydrogen) atoms. The van der Waals surface area contributed by atoms with Crippen molar-refractivity contribution in [3.63, 3.8) is 0 Å². The van der Waals surface area contributed by atoms with Crippen molar-refractivity contribution >= 4 is 34.1 Å². The van der Waals surface area contributed by atoms with E-state index in [0.29, 0.717) is 10.8 Å². The van der Waals surface area contributed by atoms with E-state index >= 15 is 0 Å². The third kappa shape index (κ3) is 2.76. The normalized spacial score (nSPS) is 10.8. The summed E-state index contributed by atoms with van der Waals surface area (Å²) in [5.74, 6) is 1.54. The third-order valence-electron chi connectivity index (χ3n) is 3.56. The third-order valence-corrected chi connectivity index (χ3v) is 3.81. The maximum absolute atomic E-state index is 5.92. The van der Waals surface area contributed by atoms with Crippen LogP contribution in [-0.2, 0) is 0 Å².